The first-order chi connectivity index (χ1) is 8.56. The zero-order valence-electron chi connectivity index (χ0n) is 9.96. The molecule has 0 fully saturated rings. The highest BCUT2D eigenvalue weighted by Crippen LogP contribution is 2.12. The van der Waals surface area contributed by atoms with E-state index in [-0.39, 0.29) is 5.91 Å². The molecule has 1 amide bonds. The summed E-state index contributed by atoms with van der Waals surface area (Å²) >= 11 is 3.29. The summed E-state index contributed by atoms with van der Waals surface area (Å²) in [6.45, 7) is 3.59. The summed E-state index contributed by atoms with van der Waals surface area (Å²) < 4.78 is 2.39. The Bertz CT molecular complexity index is 568. The Labute approximate surface area is 113 Å². The van der Waals surface area contributed by atoms with Gasteiger partial charge in [-0.25, -0.2) is 9.97 Å². The van der Waals surface area contributed by atoms with Crippen LogP contribution in [-0.2, 0) is 4.79 Å². The molecule has 2 rings (SSSR count). The Morgan fingerprint density at radius 1 is 1.56 bits per heavy atom. The summed E-state index contributed by atoms with van der Waals surface area (Å²) in [5, 5.41) is 6.72. The lowest BCUT2D eigenvalue weighted by atomic mass is 10.3. The quantitative estimate of drug-likeness (QED) is 0.940. The number of aromatic nitrogens is 4. The number of aryl methyl sites for hydroxylation is 1. The first-order valence-electron chi connectivity index (χ1n) is 5.36. The predicted octanol–water partition coefficient (Wildman–Crippen LogP) is 1.94. The Morgan fingerprint density at radius 2 is 2.33 bits per heavy atom. The van der Waals surface area contributed by atoms with Gasteiger partial charge < -0.3 is 0 Å². The van der Waals surface area contributed by atoms with Gasteiger partial charge >= 0.3 is 0 Å². The summed E-state index contributed by atoms with van der Waals surface area (Å²) in [6, 6.07) is 1.34. The number of hydrogen-bond donors (Lipinski definition) is 1. The Hall–Kier alpha value is -1.76. The molecule has 0 radical (unpaired) electrons. The fraction of sp³-hybridized carbons (Fsp3) is 0.273. The van der Waals surface area contributed by atoms with Gasteiger partial charge in [0.1, 0.15) is 6.04 Å². The van der Waals surface area contributed by atoms with Crippen molar-refractivity contribution in [3.05, 3.63) is 34.8 Å². The molecule has 2 heterocycles. The van der Waals surface area contributed by atoms with Crippen molar-refractivity contribution in [2.45, 2.75) is 19.9 Å². The SMILES string of the molecule is Cc1ccnc(NC(=O)C(C)n2cc(Br)cn2)n1. The predicted molar refractivity (Wildman–Crippen MR) is 70.0 cm³/mol. The normalized spacial score (nSPS) is 12.2. The van der Waals surface area contributed by atoms with E-state index in [9.17, 15) is 4.79 Å². The summed E-state index contributed by atoms with van der Waals surface area (Å²) in [6.07, 6.45) is 4.97. The molecule has 7 heteroatoms. The molecule has 0 aromatic carbocycles. The number of carbonyl (C=O) groups is 1. The van der Waals surface area contributed by atoms with Crippen LogP contribution in [0.25, 0.3) is 0 Å². The molecule has 0 bridgehead atoms. The molecule has 94 valence electrons. The maximum Gasteiger partial charge on any atom is 0.251 e. The van der Waals surface area contributed by atoms with Crippen LogP contribution in [0.3, 0.4) is 0 Å². The van der Waals surface area contributed by atoms with Gasteiger partial charge in [0.25, 0.3) is 5.91 Å². The minimum Gasteiger partial charge on any atom is -0.293 e. The molecule has 2 aromatic rings. The van der Waals surface area contributed by atoms with Crippen LogP contribution in [0.1, 0.15) is 18.7 Å². The van der Waals surface area contributed by atoms with Crippen molar-refractivity contribution in [1.29, 1.82) is 0 Å². The summed E-state index contributed by atoms with van der Waals surface area (Å²) in [4.78, 5) is 20.1. The first kappa shape index (κ1) is 12.7. The molecule has 2 aromatic heterocycles. The van der Waals surface area contributed by atoms with Gasteiger partial charge in [-0.2, -0.15) is 5.10 Å². The molecule has 0 saturated heterocycles. The molecule has 1 unspecified atom stereocenters. The van der Waals surface area contributed by atoms with Crippen molar-refractivity contribution in [1.82, 2.24) is 19.7 Å². The number of nitrogens with zero attached hydrogens (tertiary/aromatic N) is 4. The van der Waals surface area contributed by atoms with E-state index in [2.05, 4.69) is 36.3 Å². The maximum absolute atomic E-state index is 12.0. The molecular formula is C11H12BrN5O. The summed E-state index contributed by atoms with van der Waals surface area (Å²) in [5.41, 5.74) is 0.801. The van der Waals surface area contributed by atoms with Crippen molar-refractivity contribution < 1.29 is 4.79 Å². The van der Waals surface area contributed by atoms with Crippen LogP contribution in [0.2, 0.25) is 0 Å². The number of rotatable bonds is 3. The van der Waals surface area contributed by atoms with Crippen LogP contribution in [0.4, 0.5) is 5.95 Å². The second-order valence-electron chi connectivity index (χ2n) is 3.83. The number of carbonyl (C=O) groups excluding carboxylic acids is 1. The van der Waals surface area contributed by atoms with Crippen LogP contribution < -0.4 is 5.32 Å². The van der Waals surface area contributed by atoms with Gasteiger partial charge in [-0.05, 0) is 35.8 Å². The molecule has 0 spiro atoms. The van der Waals surface area contributed by atoms with Gasteiger partial charge in [0.2, 0.25) is 5.95 Å². The van der Waals surface area contributed by atoms with Gasteiger partial charge in [0.05, 0.1) is 10.7 Å². The Balaban J connectivity index is 2.08. The number of amides is 1. The Morgan fingerprint density at radius 3 is 2.94 bits per heavy atom. The average Bonchev–Trinajstić information content (AvgIpc) is 2.75. The highest BCUT2D eigenvalue weighted by Gasteiger charge is 2.16. The van der Waals surface area contributed by atoms with Crippen molar-refractivity contribution >= 4 is 27.8 Å². The minimum absolute atomic E-state index is 0.212. The lowest BCUT2D eigenvalue weighted by Gasteiger charge is -2.11. The van der Waals surface area contributed by atoms with E-state index in [0.29, 0.717) is 5.95 Å². The third kappa shape index (κ3) is 2.92. The first-order valence-corrected chi connectivity index (χ1v) is 6.16. The fourth-order valence-electron chi connectivity index (χ4n) is 1.37. The number of anilines is 1. The highest BCUT2D eigenvalue weighted by molar-refractivity contribution is 9.10. The highest BCUT2D eigenvalue weighted by atomic mass is 79.9. The van der Waals surface area contributed by atoms with Gasteiger partial charge in [-0.15, -0.1) is 0 Å². The zero-order valence-corrected chi connectivity index (χ0v) is 11.5. The molecule has 0 aliphatic heterocycles. The largest absolute Gasteiger partial charge is 0.293 e. The molecular weight excluding hydrogens is 298 g/mol. The van der Waals surface area contributed by atoms with Gasteiger partial charge in [-0.1, -0.05) is 0 Å². The lowest BCUT2D eigenvalue weighted by Crippen LogP contribution is -2.25. The van der Waals surface area contributed by atoms with Crippen molar-refractivity contribution in [2.24, 2.45) is 0 Å². The second kappa shape index (κ2) is 5.26. The van der Waals surface area contributed by atoms with E-state index in [4.69, 9.17) is 0 Å². The van der Waals surface area contributed by atoms with Gasteiger partial charge in [0.15, 0.2) is 0 Å². The van der Waals surface area contributed by atoms with Crippen molar-refractivity contribution in [2.75, 3.05) is 5.32 Å². The average molecular weight is 310 g/mol. The lowest BCUT2D eigenvalue weighted by molar-refractivity contribution is -0.119. The molecule has 1 N–H and O–H groups in total. The van der Waals surface area contributed by atoms with Crippen LogP contribution in [0.15, 0.2) is 29.1 Å². The molecule has 6 nitrogen and oxygen atoms in total. The third-order valence-electron chi connectivity index (χ3n) is 2.38. The minimum atomic E-state index is -0.430. The van der Waals surface area contributed by atoms with E-state index in [1.807, 2.05) is 6.92 Å². The smallest absolute Gasteiger partial charge is 0.251 e. The van der Waals surface area contributed by atoms with E-state index < -0.39 is 6.04 Å². The van der Waals surface area contributed by atoms with Crippen molar-refractivity contribution in [3.63, 3.8) is 0 Å². The van der Waals surface area contributed by atoms with Crippen LogP contribution in [-0.4, -0.2) is 25.7 Å². The molecule has 0 aliphatic carbocycles. The zero-order chi connectivity index (χ0) is 13.1. The number of halogens is 1. The van der Waals surface area contributed by atoms with Gasteiger partial charge in [-0.3, -0.25) is 14.8 Å². The maximum atomic E-state index is 12.0. The molecule has 18 heavy (non-hydrogen) atoms. The topological polar surface area (TPSA) is 72.7 Å². The molecule has 0 aliphatic rings. The fourth-order valence-corrected chi connectivity index (χ4v) is 1.67. The van der Waals surface area contributed by atoms with E-state index in [0.717, 1.165) is 10.2 Å². The van der Waals surface area contributed by atoms with E-state index in [1.54, 1.807) is 36.3 Å². The van der Waals surface area contributed by atoms with E-state index >= 15 is 0 Å². The Kier molecular flexibility index (Phi) is 3.71. The monoisotopic (exact) mass is 309 g/mol. The van der Waals surface area contributed by atoms with Crippen LogP contribution >= 0.6 is 15.9 Å². The molecule has 0 saturated carbocycles. The summed E-state index contributed by atoms with van der Waals surface area (Å²) in [7, 11) is 0. The number of nitrogens with one attached hydrogen (secondary N) is 1. The van der Waals surface area contributed by atoms with Crippen molar-refractivity contribution in [3.8, 4) is 0 Å². The third-order valence-corrected chi connectivity index (χ3v) is 2.79. The van der Waals surface area contributed by atoms with Crippen LogP contribution in [0.5, 0.6) is 0 Å². The second-order valence-corrected chi connectivity index (χ2v) is 4.74. The van der Waals surface area contributed by atoms with Gasteiger partial charge in [0, 0.05) is 18.1 Å². The molecule has 1 atom stereocenters. The number of hydrogen-bond acceptors (Lipinski definition) is 4. The standard InChI is InChI=1S/C11H12BrN5O/c1-7-3-4-13-11(15-7)16-10(18)8(2)17-6-9(12)5-14-17/h3-6,8H,1-2H3,(H,13,15,16,18). The van der Waals surface area contributed by atoms with Crippen LogP contribution in [0, 0.1) is 6.92 Å². The summed E-state index contributed by atoms with van der Waals surface area (Å²) in [5.74, 6) is 0.0919. The van der Waals surface area contributed by atoms with E-state index in [1.165, 1.54) is 0 Å².